The Balaban J connectivity index is 2.93. The Hall–Kier alpha value is -2.16. The van der Waals surface area contributed by atoms with E-state index in [1.165, 1.54) is 0 Å². The lowest BCUT2D eigenvalue weighted by molar-refractivity contribution is -0.160. The number of hydrogen-bond acceptors (Lipinski definition) is 8. The monoisotopic (exact) mass is 331 g/mol. The quantitative estimate of drug-likeness (QED) is 0.475. The highest BCUT2D eigenvalue weighted by Crippen LogP contribution is 2.17. The minimum atomic E-state index is -1.37. The molecule has 1 amide bonds. The van der Waals surface area contributed by atoms with Crippen LogP contribution in [0.1, 0.15) is 19.3 Å². The zero-order valence-electron chi connectivity index (χ0n) is 13.3. The van der Waals surface area contributed by atoms with E-state index in [1.807, 2.05) is 0 Å². The first-order valence-corrected chi connectivity index (χ1v) is 7.09. The summed E-state index contributed by atoms with van der Waals surface area (Å²) in [4.78, 5) is 47.5. The van der Waals surface area contributed by atoms with Gasteiger partial charge < -0.3 is 24.3 Å². The molecule has 130 valence electrons. The molecule has 1 heterocycles. The van der Waals surface area contributed by atoms with Crippen molar-refractivity contribution in [3.8, 4) is 0 Å². The van der Waals surface area contributed by atoms with Gasteiger partial charge in [-0.05, 0) is 12.8 Å². The second kappa shape index (κ2) is 9.09. The molecule has 23 heavy (non-hydrogen) atoms. The van der Waals surface area contributed by atoms with Crippen molar-refractivity contribution in [2.45, 2.75) is 31.4 Å². The van der Waals surface area contributed by atoms with Crippen LogP contribution in [0.2, 0.25) is 0 Å². The molecule has 9 heteroatoms. The number of esters is 3. The molecule has 0 aromatic rings. The molecule has 1 rings (SSSR count). The topological polar surface area (TPSA) is 117 Å². The molecule has 0 saturated carbocycles. The molecule has 0 radical (unpaired) electrons. The first-order chi connectivity index (χ1) is 10.9. The van der Waals surface area contributed by atoms with Gasteiger partial charge in [0.25, 0.3) is 0 Å². The maximum absolute atomic E-state index is 12.1. The summed E-state index contributed by atoms with van der Waals surface area (Å²) in [5, 5.41) is 2.41. The van der Waals surface area contributed by atoms with Gasteiger partial charge in [-0.15, -0.1) is 0 Å². The molecule has 1 aliphatic heterocycles. The number of carbonyl (C=O) groups excluding carboxylic acids is 4. The summed E-state index contributed by atoms with van der Waals surface area (Å²) < 4.78 is 18.9. The molecule has 0 bridgehead atoms. The fourth-order valence-electron chi connectivity index (χ4n) is 2.23. The summed E-state index contributed by atoms with van der Waals surface area (Å²) in [6.45, 7) is 0.448. The van der Waals surface area contributed by atoms with Gasteiger partial charge in [-0.25, -0.2) is 4.79 Å². The Morgan fingerprint density at radius 2 is 1.74 bits per heavy atom. The average Bonchev–Trinajstić information content (AvgIpc) is 3.10. The highest BCUT2D eigenvalue weighted by molar-refractivity contribution is 5.92. The zero-order valence-corrected chi connectivity index (χ0v) is 13.3. The molecule has 1 N–H and O–H groups in total. The van der Waals surface area contributed by atoms with Gasteiger partial charge in [0.05, 0.1) is 33.7 Å². The van der Waals surface area contributed by atoms with E-state index in [4.69, 9.17) is 4.74 Å². The largest absolute Gasteiger partial charge is 0.469 e. The number of amides is 1. The molecule has 0 spiro atoms. The van der Waals surface area contributed by atoms with Gasteiger partial charge in [0, 0.05) is 6.61 Å². The number of ether oxygens (including phenoxy) is 4. The molecule has 0 aromatic heterocycles. The normalized spacial score (nSPS) is 19.3. The second-order valence-corrected chi connectivity index (χ2v) is 4.92. The minimum Gasteiger partial charge on any atom is -0.469 e. The average molecular weight is 331 g/mol. The van der Waals surface area contributed by atoms with Gasteiger partial charge in [0.2, 0.25) is 5.91 Å². The van der Waals surface area contributed by atoms with Crippen molar-refractivity contribution in [3.63, 3.8) is 0 Å². The second-order valence-electron chi connectivity index (χ2n) is 4.92. The lowest BCUT2D eigenvalue weighted by Gasteiger charge is -2.24. The molecule has 9 nitrogen and oxygen atoms in total. The van der Waals surface area contributed by atoms with Gasteiger partial charge in [-0.2, -0.15) is 0 Å². The van der Waals surface area contributed by atoms with E-state index in [0.29, 0.717) is 13.0 Å². The summed E-state index contributed by atoms with van der Waals surface area (Å²) in [5.41, 5.74) is 0. The third-order valence-electron chi connectivity index (χ3n) is 3.50. The molecule has 1 fully saturated rings. The van der Waals surface area contributed by atoms with E-state index in [2.05, 4.69) is 19.5 Å². The Morgan fingerprint density at radius 3 is 2.22 bits per heavy atom. The van der Waals surface area contributed by atoms with E-state index < -0.39 is 48.3 Å². The molecule has 1 aliphatic rings. The van der Waals surface area contributed by atoms with E-state index in [0.717, 1.165) is 27.8 Å². The van der Waals surface area contributed by atoms with Gasteiger partial charge in [-0.1, -0.05) is 0 Å². The van der Waals surface area contributed by atoms with Crippen LogP contribution in [0.25, 0.3) is 0 Å². The van der Waals surface area contributed by atoms with E-state index in [9.17, 15) is 19.2 Å². The molecule has 1 saturated heterocycles. The van der Waals surface area contributed by atoms with Crippen LogP contribution in [-0.4, -0.2) is 63.9 Å². The van der Waals surface area contributed by atoms with Crippen LogP contribution < -0.4 is 5.32 Å². The molecule has 0 aromatic carbocycles. The van der Waals surface area contributed by atoms with E-state index in [1.54, 1.807) is 0 Å². The predicted molar refractivity (Wildman–Crippen MR) is 75.1 cm³/mol. The van der Waals surface area contributed by atoms with Gasteiger partial charge in [0.15, 0.2) is 0 Å². The fourth-order valence-corrected chi connectivity index (χ4v) is 2.23. The first-order valence-electron chi connectivity index (χ1n) is 7.09. The predicted octanol–water partition coefficient (Wildman–Crippen LogP) is -0.824. The summed E-state index contributed by atoms with van der Waals surface area (Å²) in [7, 11) is 3.37. The highest BCUT2D eigenvalue weighted by atomic mass is 16.5. The minimum absolute atomic E-state index is 0.436. The van der Waals surface area contributed by atoms with Crippen molar-refractivity contribution in [1.82, 2.24) is 5.32 Å². The van der Waals surface area contributed by atoms with Crippen molar-refractivity contribution in [2.24, 2.45) is 5.92 Å². The molecule has 0 aliphatic carbocycles. The molecule has 0 unspecified atom stereocenters. The SMILES string of the molecule is COC(=O)C[C@@H](C(=O)OC)[C@@H](NC(=O)[C@H]1CCCO1)C(=O)OC. The van der Waals surface area contributed by atoms with Gasteiger partial charge in [-0.3, -0.25) is 14.4 Å². The molecular weight excluding hydrogens is 310 g/mol. The summed E-state index contributed by atoms with van der Waals surface area (Å²) >= 11 is 0. The maximum atomic E-state index is 12.1. The van der Waals surface area contributed by atoms with Gasteiger partial charge >= 0.3 is 17.9 Å². The van der Waals surface area contributed by atoms with E-state index >= 15 is 0 Å². The fraction of sp³-hybridized carbons (Fsp3) is 0.714. The number of rotatable bonds is 7. The summed E-state index contributed by atoms with van der Waals surface area (Å²) in [6.07, 6.45) is 0.108. The van der Waals surface area contributed by atoms with Crippen molar-refractivity contribution in [3.05, 3.63) is 0 Å². The highest BCUT2D eigenvalue weighted by Gasteiger charge is 2.40. The first kappa shape index (κ1) is 18.9. The van der Waals surface area contributed by atoms with Crippen LogP contribution in [0.5, 0.6) is 0 Å². The number of hydrogen-bond donors (Lipinski definition) is 1. The Labute approximate surface area is 133 Å². The summed E-state index contributed by atoms with van der Waals surface area (Å²) in [5.74, 6) is -4.23. The maximum Gasteiger partial charge on any atom is 0.329 e. The van der Waals surface area contributed by atoms with Crippen LogP contribution in [0.15, 0.2) is 0 Å². The smallest absolute Gasteiger partial charge is 0.329 e. The molecule has 3 atom stereocenters. The van der Waals surface area contributed by atoms with Gasteiger partial charge in [0.1, 0.15) is 12.1 Å². The Kier molecular flexibility index (Phi) is 7.46. The third kappa shape index (κ3) is 5.20. The van der Waals surface area contributed by atoms with Crippen molar-refractivity contribution in [1.29, 1.82) is 0 Å². The van der Waals surface area contributed by atoms with Crippen molar-refractivity contribution in [2.75, 3.05) is 27.9 Å². The van der Waals surface area contributed by atoms with Crippen molar-refractivity contribution >= 4 is 23.8 Å². The van der Waals surface area contributed by atoms with E-state index in [-0.39, 0.29) is 0 Å². The molecular formula is C14H21NO8. The van der Waals surface area contributed by atoms with Crippen LogP contribution >= 0.6 is 0 Å². The van der Waals surface area contributed by atoms with Crippen LogP contribution in [-0.2, 0) is 38.1 Å². The number of methoxy groups -OCH3 is 3. The zero-order chi connectivity index (χ0) is 17.4. The van der Waals surface area contributed by atoms with Crippen molar-refractivity contribution < 1.29 is 38.1 Å². The standard InChI is InChI=1S/C14H21NO8/c1-20-10(16)7-8(13(18)21-2)11(14(19)22-3)15-12(17)9-5-4-6-23-9/h8-9,11H,4-7H2,1-3H3,(H,15,17)/t8-,9-,11-/m1/s1. The lowest BCUT2D eigenvalue weighted by atomic mass is 9.95. The summed E-state index contributed by atoms with van der Waals surface area (Å²) in [6, 6.07) is -1.37. The number of carbonyl (C=O) groups is 4. The third-order valence-corrected chi connectivity index (χ3v) is 3.50. The van der Waals surface area contributed by atoms with Crippen LogP contribution in [0.3, 0.4) is 0 Å². The van der Waals surface area contributed by atoms with Crippen LogP contribution in [0, 0.1) is 5.92 Å². The Morgan fingerprint density at radius 1 is 1.09 bits per heavy atom. The van der Waals surface area contributed by atoms with Crippen LogP contribution in [0.4, 0.5) is 0 Å². The number of nitrogens with one attached hydrogen (secondary N) is 1. The Bertz CT molecular complexity index is 458. The lowest BCUT2D eigenvalue weighted by Crippen LogP contribution is -2.52.